The van der Waals surface area contributed by atoms with Crippen molar-refractivity contribution in [3.05, 3.63) is 53.6 Å². The van der Waals surface area contributed by atoms with E-state index < -0.39 is 27.7 Å². The van der Waals surface area contributed by atoms with Gasteiger partial charge in [0.2, 0.25) is 10.0 Å². The average molecular weight is 357 g/mol. The van der Waals surface area contributed by atoms with Gasteiger partial charge in [-0.1, -0.05) is 0 Å². The Labute approximate surface area is 139 Å². The summed E-state index contributed by atoms with van der Waals surface area (Å²) in [5, 5.41) is 0. The maximum atomic E-state index is 13.3. The molecule has 130 valence electrons. The first-order valence-corrected chi connectivity index (χ1v) is 8.46. The van der Waals surface area contributed by atoms with Crippen molar-refractivity contribution >= 4 is 10.0 Å². The molecule has 24 heavy (non-hydrogen) atoms. The van der Waals surface area contributed by atoms with Crippen LogP contribution in [0.3, 0.4) is 0 Å². The minimum Gasteiger partial charge on any atom is -0.497 e. The number of ether oxygens (including phenoxy) is 2. The number of methoxy groups -OCH3 is 2. The lowest BCUT2D eigenvalue weighted by molar-refractivity contribution is 0.395. The first kappa shape index (κ1) is 18.2. The second kappa shape index (κ2) is 7.14. The van der Waals surface area contributed by atoms with E-state index in [0.717, 1.165) is 12.1 Å². The zero-order valence-corrected chi connectivity index (χ0v) is 14.2. The summed E-state index contributed by atoms with van der Waals surface area (Å²) in [6.45, 7) is 1.61. The zero-order chi connectivity index (χ0) is 17.9. The maximum Gasteiger partial charge on any atom is 0.241 e. The quantitative estimate of drug-likeness (QED) is 0.863. The van der Waals surface area contributed by atoms with Crippen LogP contribution in [0.4, 0.5) is 8.78 Å². The number of hydrogen-bond donors (Lipinski definition) is 1. The van der Waals surface area contributed by atoms with Crippen LogP contribution in [0, 0.1) is 11.6 Å². The van der Waals surface area contributed by atoms with E-state index in [1.54, 1.807) is 25.1 Å². The van der Waals surface area contributed by atoms with Crippen molar-refractivity contribution in [3.8, 4) is 11.5 Å². The predicted octanol–water partition coefficient (Wildman–Crippen LogP) is 3.02. The molecule has 0 radical (unpaired) electrons. The van der Waals surface area contributed by atoms with Crippen molar-refractivity contribution in [1.29, 1.82) is 0 Å². The molecule has 2 aromatic carbocycles. The maximum absolute atomic E-state index is 13.3. The Kier molecular flexibility index (Phi) is 5.40. The molecule has 0 aliphatic carbocycles. The van der Waals surface area contributed by atoms with Crippen molar-refractivity contribution in [1.82, 2.24) is 4.72 Å². The number of halogens is 2. The molecule has 1 atom stereocenters. The molecule has 2 rings (SSSR count). The number of rotatable bonds is 6. The molecular weight excluding hydrogens is 340 g/mol. The Bertz CT molecular complexity index is 840. The lowest BCUT2D eigenvalue weighted by atomic mass is 10.1. The van der Waals surface area contributed by atoms with Gasteiger partial charge in [0.15, 0.2) is 11.6 Å². The van der Waals surface area contributed by atoms with Crippen molar-refractivity contribution < 1.29 is 26.7 Å². The summed E-state index contributed by atoms with van der Waals surface area (Å²) in [4.78, 5) is -0.366. The molecular formula is C16H17F2NO4S. The normalized spacial score (nSPS) is 12.7. The van der Waals surface area contributed by atoms with Crippen molar-refractivity contribution in [2.75, 3.05) is 14.2 Å². The summed E-state index contributed by atoms with van der Waals surface area (Å²) in [6.07, 6.45) is 0. The van der Waals surface area contributed by atoms with E-state index in [1.165, 1.54) is 14.2 Å². The molecule has 8 heteroatoms. The molecule has 0 aliphatic heterocycles. The molecule has 5 nitrogen and oxygen atoms in total. The molecule has 0 fully saturated rings. The van der Waals surface area contributed by atoms with Crippen LogP contribution in [0.25, 0.3) is 0 Å². The molecule has 0 aliphatic rings. The Hall–Kier alpha value is -2.19. The fourth-order valence-corrected chi connectivity index (χ4v) is 3.42. The van der Waals surface area contributed by atoms with Gasteiger partial charge in [0.05, 0.1) is 19.1 Å². The van der Waals surface area contributed by atoms with Crippen LogP contribution in [0.2, 0.25) is 0 Å². The second-order valence-corrected chi connectivity index (χ2v) is 6.74. The van der Waals surface area contributed by atoms with E-state index in [9.17, 15) is 17.2 Å². The molecule has 0 heterocycles. The van der Waals surface area contributed by atoms with Crippen LogP contribution in [0.1, 0.15) is 18.5 Å². The third kappa shape index (κ3) is 3.82. The van der Waals surface area contributed by atoms with Crippen molar-refractivity contribution in [2.45, 2.75) is 17.9 Å². The summed E-state index contributed by atoms with van der Waals surface area (Å²) in [5.74, 6) is -1.35. The van der Waals surface area contributed by atoms with Crippen LogP contribution in [0.15, 0.2) is 41.3 Å². The van der Waals surface area contributed by atoms with Gasteiger partial charge in [0.25, 0.3) is 0 Å². The number of sulfonamides is 1. The smallest absolute Gasteiger partial charge is 0.241 e. The highest BCUT2D eigenvalue weighted by atomic mass is 32.2. The van der Waals surface area contributed by atoms with E-state index >= 15 is 0 Å². The van der Waals surface area contributed by atoms with Gasteiger partial charge in [-0.05, 0) is 43.3 Å². The molecule has 0 saturated carbocycles. The second-order valence-electron chi connectivity index (χ2n) is 5.03. The van der Waals surface area contributed by atoms with Gasteiger partial charge in [0.1, 0.15) is 11.5 Å². The molecule has 0 unspecified atom stereocenters. The van der Waals surface area contributed by atoms with Crippen LogP contribution in [-0.4, -0.2) is 22.6 Å². The summed E-state index contributed by atoms with van der Waals surface area (Å²) >= 11 is 0. The minimum atomic E-state index is -4.04. The molecule has 1 N–H and O–H groups in total. The third-order valence-corrected chi connectivity index (χ3v) is 4.98. The van der Waals surface area contributed by atoms with Gasteiger partial charge >= 0.3 is 0 Å². The van der Waals surface area contributed by atoms with Gasteiger partial charge in [-0.2, -0.15) is 0 Å². The zero-order valence-electron chi connectivity index (χ0n) is 13.3. The van der Waals surface area contributed by atoms with Gasteiger partial charge in [0, 0.05) is 11.6 Å². The Morgan fingerprint density at radius 1 is 1.00 bits per heavy atom. The summed E-state index contributed by atoms with van der Waals surface area (Å²) < 4.78 is 63.7. The van der Waals surface area contributed by atoms with Gasteiger partial charge in [-0.15, -0.1) is 0 Å². The standard InChI is InChI=1S/C16H17F2NO4S/c1-10(13-8-11(22-2)4-7-16(13)23-3)19-24(20,21)12-5-6-14(17)15(18)9-12/h4-10,19H,1-3H3/t10-/m0/s1. The molecule has 0 aromatic heterocycles. The highest BCUT2D eigenvalue weighted by Crippen LogP contribution is 2.30. The van der Waals surface area contributed by atoms with Gasteiger partial charge < -0.3 is 9.47 Å². The van der Waals surface area contributed by atoms with Crippen molar-refractivity contribution in [2.24, 2.45) is 0 Å². The monoisotopic (exact) mass is 357 g/mol. The Balaban J connectivity index is 2.34. The average Bonchev–Trinajstić information content (AvgIpc) is 2.56. The summed E-state index contributed by atoms with van der Waals surface area (Å²) in [6, 6.07) is 6.67. The van der Waals surface area contributed by atoms with E-state index in [0.29, 0.717) is 23.1 Å². The number of hydrogen-bond acceptors (Lipinski definition) is 4. The van der Waals surface area contributed by atoms with E-state index in [4.69, 9.17) is 9.47 Å². The fourth-order valence-electron chi connectivity index (χ4n) is 2.19. The van der Waals surface area contributed by atoms with Crippen LogP contribution < -0.4 is 14.2 Å². The van der Waals surface area contributed by atoms with Gasteiger partial charge in [-0.3, -0.25) is 0 Å². The van der Waals surface area contributed by atoms with Crippen LogP contribution in [-0.2, 0) is 10.0 Å². The highest BCUT2D eigenvalue weighted by molar-refractivity contribution is 7.89. The molecule has 0 bridgehead atoms. The number of nitrogens with one attached hydrogen (secondary N) is 1. The van der Waals surface area contributed by atoms with Gasteiger partial charge in [-0.25, -0.2) is 21.9 Å². The molecule has 0 amide bonds. The van der Waals surface area contributed by atoms with Crippen LogP contribution >= 0.6 is 0 Å². The first-order valence-electron chi connectivity index (χ1n) is 6.98. The SMILES string of the molecule is COc1ccc(OC)c([C@H](C)NS(=O)(=O)c2ccc(F)c(F)c2)c1. The summed E-state index contributed by atoms with van der Waals surface area (Å²) in [5.41, 5.74) is 0.544. The molecule has 0 saturated heterocycles. The van der Waals surface area contributed by atoms with E-state index in [-0.39, 0.29) is 4.90 Å². The van der Waals surface area contributed by atoms with E-state index in [2.05, 4.69) is 4.72 Å². The van der Waals surface area contributed by atoms with E-state index in [1.807, 2.05) is 0 Å². The fraction of sp³-hybridized carbons (Fsp3) is 0.250. The first-order chi connectivity index (χ1) is 11.3. The molecule has 2 aromatic rings. The van der Waals surface area contributed by atoms with Crippen molar-refractivity contribution in [3.63, 3.8) is 0 Å². The predicted molar refractivity (Wildman–Crippen MR) is 84.6 cm³/mol. The Morgan fingerprint density at radius 2 is 1.71 bits per heavy atom. The number of benzene rings is 2. The highest BCUT2D eigenvalue weighted by Gasteiger charge is 2.22. The molecule has 0 spiro atoms. The minimum absolute atomic E-state index is 0.366. The van der Waals surface area contributed by atoms with Crippen LogP contribution in [0.5, 0.6) is 11.5 Å². The largest absolute Gasteiger partial charge is 0.497 e. The topological polar surface area (TPSA) is 64.6 Å². The lowest BCUT2D eigenvalue weighted by Crippen LogP contribution is -2.27. The lowest BCUT2D eigenvalue weighted by Gasteiger charge is -2.18. The summed E-state index contributed by atoms with van der Waals surface area (Å²) in [7, 11) is -1.10. The Morgan fingerprint density at radius 3 is 2.29 bits per heavy atom. The third-order valence-electron chi connectivity index (χ3n) is 3.44.